The maximum atomic E-state index is 11.9. The highest BCUT2D eigenvalue weighted by molar-refractivity contribution is 6.33. The molecule has 1 aliphatic carbocycles. The van der Waals surface area contributed by atoms with Gasteiger partial charge in [-0.15, -0.1) is 0 Å². The molecule has 0 N–H and O–H groups in total. The predicted molar refractivity (Wildman–Crippen MR) is 60.2 cm³/mol. The fraction of sp³-hybridized carbons (Fsp3) is 0.500. The van der Waals surface area contributed by atoms with E-state index in [1.807, 2.05) is 0 Å². The van der Waals surface area contributed by atoms with Crippen LogP contribution in [0.3, 0.4) is 0 Å². The van der Waals surface area contributed by atoms with Gasteiger partial charge in [-0.2, -0.15) is 0 Å². The molecular weight excluding hydrogens is 210 g/mol. The number of ketones is 1. The van der Waals surface area contributed by atoms with E-state index >= 15 is 0 Å². The molecule has 0 spiro atoms. The van der Waals surface area contributed by atoms with E-state index in [0.717, 1.165) is 0 Å². The van der Waals surface area contributed by atoms with Gasteiger partial charge in [0.2, 0.25) is 0 Å². The molecule has 1 aliphatic rings. The zero-order valence-corrected chi connectivity index (χ0v) is 9.33. The molecule has 1 fully saturated rings. The van der Waals surface area contributed by atoms with Crippen LogP contribution in [0.25, 0.3) is 0 Å². The molecule has 0 unspecified atom stereocenters. The number of nitrogens with zero attached hydrogens (tertiary/aromatic N) is 1. The Morgan fingerprint density at radius 2 is 2.20 bits per heavy atom. The minimum absolute atomic E-state index is 0.0903. The first-order valence-electron chi connectivity index (χ1n) is 5.41. The highest BCUT2D eigenvalue weighted by Crippen LogP contribution is 2.29. The molecule has 1 aromatic heterocycles. The third kappa shape index (κ3) is 2.57. The van der Waals surface area contributed by atoms with Gasteiger partial charge < -0.3 is 0 Å². The number of carbonyl (C=O) groups excluding carboxylic acids is 1. The van der Waals surface area contributed by atoms with Crippen LogP contribution in [-0.4, -0.2) is 10.8 Å². The van der Waals surface area contributed by atoms with E-state index < -0.39 is 0 Å². The largest absolute Gasteiger partial charge is 0.292 e. The Hall–Kier alpha value is -0.890. The van der Waals surface area contributed by atoms with Crippen LogP contribution in [0.4, 0.5) is 0 Å². The van der Waals surface area contributed by atoms with Crippen molar-refractivity contribution in [3.8, 4) is 0 Å². The highest BCUT2D eigenvalue weighted by Gasteiger charge is 2.21. The molecule has 3 heteroatoms. The molecule has 0 amide bonds. The summed E-state index contributed by atoms with van der Waals surface area (Å²) < 4.78 is 0. The van der Waals surface area contributed by atoms with E-state index in [0.29, 0.717) is 23.1 Å². The van der Waals surface area contributed by atoms with Crippen molar-refractivity contribution in [3.05, 3.63) is 29.0 Å². The Kier molecular flexibility index (Phi) is 3.37. The zero-order chi connectivity index (χ0) is 10.7. The van der Waals surface area contributed by atoms with Crippen molar-refractivity contribution in [2.45, 2.75) is 32.1 Å². The van der Waals surface area contributed by atoms with Crippen LogP contribution in [0, 0.1) is 5.92 Å². The molecule has 15 heavy (non-hydrogen) atoms. The van der Waals surface area contributed by atoms with Gasteiger partial charge in [-0.25, -0.2) is 0 Å². The van der Waals surface area contributed by atoms with E-state index in [2.05, 4.69) is 4.98 Å². The maximum absolute atomic E-state index is 11.9. The lowest BCUT2D eigenvalue weighted by Gasteiger charge is -2.07. The van der Waals surface area contributed by atoms with Crippen molar-refractivity contribution < 1.29 is 4.79 Å². The summed E-state index contributed by atoms with van der Waals surface area (Å²) in [6, 6.07) is 3.46. The Morgan fingerprint density at radius 3 is 2.87 bits per heavy atom. The van der Waals surface area contributed by atoms with Crippen LogP contribution < -0.4 is 0 Å². The van der Waals surface area contributed by atoms with Gasteiger partial charge in [0.1, 0.15) is 5.69 Å². The molecule has 0 saturated heterocycles. The summed E-state index contributed by atoms with van der Waals surface area (Å²) in [7, 11) is 0. The molecule has 1 aromatic rings. The summed E-state index contributed by atoms with van der Waals surface area (Å²) in [4.78, 5) is 15.9. The van der Waals surface area contributed by atoms with Crippen LogP contribution >= 0.6 is 11.6 Å². The van der Waals surface area contributed by atoms with Crippen molar-refractivity contribution >= 4 is 17.4 Å². The number of hydrogen-bond acceptors (Lipinski definition) is 2. The number of carbonyl (C=O) groups is 1. The normalized spacial score (nSPS) is 16.9. The van der Waals surface area contributed by atoms with Gasteiger partial charge in [-0.1, -0.05) is 37.3 Å². The maximum Gasteiger partial charge on any atom is 0.182 e. The lowest BCUT2D eigenvalue weighted by atomic mass is 9.99. The molecule has 0 aromatic carbocycles. The van der Waals surface area contributed by atoms with Crippen molar-refractivity contribution in [2.75, 3.05) is 0 Å². The summed E-state index contributed by atoms with van der Waals surface area (Å²) in [6.07, 6.45) is 7.10. The van der Waals surface area contributed by atoms with Gasteiger partial charge in [0.05, 0.1) is 5.02 Å². The number of aromatic nitrogens is 1. The van der Waals surface area contributed by atoms with E-state index in [9.17, 15) is 4.79 Å². The molecular formula is C12H14ClNO. The molecule has 2 nitrogen and oxygen atoms in total. The molecule has 1 saturated carbocycles. The lowest BCUT2D eigenvalue weighted by Crippen LogP contribution is -2.08. The summed E-state index contributed by atoms with van der Waals surface area (Å²) in [6.45, 7) is 0. The molecule has 2 rings (SSSR count). The number of Topliss-reactive ketones (excluding diaryl/α,β-unsaturated/α-hetero) is 1. The van der Waals surface area contributed by atoms with Crippen LogP contribution in [0.1, 0.15) is 42.6 Å². The first-order valence-corrected chi connectivity index (χ1v) is 5.79. The van der Waals surface area contributed by atoms with E-state index in [1.54, 1.807) is 18.3 Å². The smallest absolute Gasteiger partial charge is 0.182 e. The number of hydrogen-bond donors (Lipinski definition) is 0. The summed E-state index contributed by atoms with van der Waals surface area (Å²) in [5.41, 5.74) is 0.436. The zero-order valence-electron chi connectivity index (χ0n) is 8.58. The van der Waals surface area contributed by atoms with Gasteiger partial charge in [-0.3, -0.25) is 9.78 Å². The lowest BCUT2D eigenvalue weighted by molar-refractivity contribution is 0.0957. The predicted octanol–water partition coefficient (Wildman–Crippen LogP) is 3.50. The summed E-state index contributed by atoms with van der Waals surface area (Å²) in [5, 5.41) is 0.473. The third-order valence-corrected chi connectivity index (χ3v) is 3.28. The van der Waals surface area contributed by atoms with Crippen LogP contribution in [0.5, 0.6) is 0 Å². The van der Waals surface area contributed by atoms with Gasteiger partial charge in [0.15, 0.2) is 5.78 Å². The van der Waals surface area contributed by atoms with Gasteiger partial charge in [-0.05, 0) is 18.1 Å². The third-order valence-electron chi connectivity index (χ3n) is 2.97. The number of halogens is 1. The Balaban J connectivity index is 2.04. The van der Waals surface area contributed by atoms with Crippen molar-refractivity contribution in [1.82, 2.24) is 4.98 Å². The number of pyridine rings is 1. The molecule has 0 radical (unpaired) electrons. The SMILES string of the molecule is O=C(CC1CCCC1)c1ncccc1Cl. The van der Waals surface area contributed by atoms with Crippen LogP contribution in [0.15, 0.2) is 18.3 Å². The summed E-state index contributed by atoms with van der Waals surface area (Å²) >= 11 is 5.92. The highest BCUT2D eigenvalue weighted by atomic mass is 35.5. The first-order chi connectivity index (χ1) is 7.27. The van der Waals surface area contributed by atoms with Crippen molar-refractivity contribution in [2.24, 2.45) is 5.92 Å². The Morgan fingerprint density at radius 1 is 1.47 bits per heavy atom. The topological polar surface area (TPSA) is 30.0 Å². The quantitative estimate of drug-likeness (QED) is 0.735. The van der Waals surface area contributed by atoms with E-state index in [-0.39, 0.29) is 5.78 Å². The number of rotatable bonds is 3. The molecule has 80 valence electrons. The summed E-state index contributed by atoms with van der Waals surface area (Å²) in [5.74, 6) is 0.642. The Labute approximate surface area is 94.7 Å². The van der Waals surface area contributed by atoms with Crippen LogP contribution in [0.2, 0.25) is 5.02 Å². The molecule has 0 bridgehead atoms. The fourth-order valence-electron chi connectivity index (χ4n) is 2.16. The van der Waals surface area contributed by atoms with Crippen LogP contribution in [-0.2, 0) is 0 Å². The molecule has 1 heterocycles. The van der Waals surface area contributed by atoms with Crippen molar-refractivity contribution in [3.63, 3.8) is 0 Å². The second kappa shape index (κ2) is 4.75. The second-order valence-electron chi connectivity index (χ2n) is 4.11. The van der Waals surface area contributed by atoms with Gasteiger partial charge >= 0.3 is 0 Å². The monoisotopic (exact) mass is 223 g/mol. The fourth-order valence-corrected chi connectivity index (χ4v) is 2.39. The van der Waals surface area contributed by atoms with E-state index in [4.69, 9.17) is 11.6 Å². The Bertz CT molecular complexity index is 358. The van der Waals surface area contributed by atoms with Crippen molar-refractivity contribution in [1.29, 1.82) is 0 Å². The standard InChI is InChI=1S/C12H14ClNO/c13-10-6-3-7-14-12(10)11(15)8-9-4-1-2-5-9/h3,6-7,9H,1-2,4-5,8H2. The molecule has 0 aliphatic heterocycles. The first kappa shape index (κ1) is 10.6. The minimum Gasteiger partial charge on any atom is -0.292 e. The van der Waals surface area contributed by atoms with Gasteiger partial charge in [0.25, 0.3) is 0 Å². The van der Waals surface area contributed by atoms with E-state index in [1.165, 1.54) is 25.7 Å². The van der Waals surface area contributed by atoms with Gasteiger partial charge in [0, 0.05) is 12.6 Å². The average Bonchev–Trinajstić information content (AvgIpc) is 2.71. The minimum atomic E-state index is 0.0903. The molecule has 0 atom stereocenters. The second-order valence-corrected chi connectivity index (χ2v) is 4.52. The average molecular weight is 224 g/mol.